The highest BCUT2D eigenvalue weighted by atomic mass is 35.5. The van der Waals surface area contributed by atoms with Crippen LogP contribution in [0.1, 0.15) is 0 Å². The minimum Gasteiger partial charge on any atom is -0.497 e. The number of nitrogens with one attached hydrogen (secondary N) is 1. The van der Waals surface area contributed by atoms with Crippen molar-refractivity contribution in [3.05, 3.63) is 17.2 Å². The van der Waals surface area contributed by atoms with Crippen molar-refractivity contribution in [2.24, 2.45) is 0 Å². The van der Waals surface area contributed by atoms with Gasteiger partial charge in [0.15, 0.2) is 0 Å². The lowest BCUT2D eigenvalue weighted by Gasteiger charge is -2.29. The van der Waals surface area contributed by atoms with E-state index in [1.165, 1.54) is 0 Å². The van der Waals surface area contributed by atoms with Gasteiger partial charge in [-0.25, -0.2) is 0 Å². The van der Waals surface area contributed by atoms with Crippen LogP contribution >= 0.6 is 11.6 Å². The molecule has 1 heterocycles. The Morgan fingerprint density at radius 3 is 3.00 bits per heavy atom. The fourth-order valence-electron chi connectivity index (χ4n) is 1.68. The first kappa shape index (κ1) is 9.46. The quantitative estimate of drug-likeness (QED) is 0.773. The molecule has 0 spiro atoms. The lowest BCUT2D eigenvalue weighted by Crippen LogP contribution is -2.30. The molecule has 0 saturated heterocycles. The molecule has 0 radical (unpaired) electrons. The van der Waals surface area contributed by atoms with Gasteiger partial charge in [0.1, 0.15) is 5.75 Å². The van der Waals surface area contributed by atoms with E-state index >= 15 is 0 Å². The number of methoxy groups -OCH3 is 1. The summed E-state index contributed by atoms with van der Waals surface area (Å²) in [6.45, 7) is 1.91. The van der Waals surface area contributed by atoms with Gasteiger partial charge < -0.3 is 15.0 Å². The van der Waals surface area contributed by atoms with E-state index in [2.05, 4.69) is 10.2 Å². The highest BCUT2D eigenvalue weighted by Crippen LogP contribution is 2.38. The van der Waals surface area contributed by atoms with Gasteiger partial charge in [-0.1, -0.05) is 11.6 Å². The van der Waals surface area contributed by atoms with Crippen LogP contribution in [0.4, 0.5) is 11.4 Å². The van der Waals surface area contributed by atoms with Gasteiger partial charge in [0.05, 0.1) is 23.5 Å². The summed E-state index contributed by atoms with van der Waals surface area (Å²) in [6, 6.07) is 3.81. The van der Waals surface area contributed by atoms with Crippen LogP contribution in [0.5, 0.6) is 5.75 Å². The minimum atomic E-state index is 0.731. The van der Waals surface area contributed by atoms with Gasteiger partial charge in [-0.3, -0.25) is 0 Å². The smallest absolute Gasteiger partial charge is 0.122 e. The van der Waals surface area contributed by atoms with Crippen LogP contribution in [0.2, 0.25) is 5.02 Å². The van der Waals surface area contributed by atoms with E-state index in [4.69, 9.17) is 16.3 Å². The van der Waals surface area contributed by atoms with Crippen LogP contribution in [-0.4, -0.2) is 27.2 Å². The van der Waals surface area contributed by atoms with Gasteiger partial charge in [0, 0.05) is 32.3 Å². The molecule has 3 nitrogen and oxygen atoms in total. The third-order valence-corrected chi connectivity index (χ3v) is 2.71. The Morgan fingerprint density at radius 1 is 1.50 bits per heavy atom. The molecule has 0 atom stereocenters. The summed E-state index contributed by atoms with van der Waals surface area (Å²) >= 11 is 6.16. The zero-order chi connectivity index (χ0) is 10.1. The van der Waals surface area contributed by atoms with Crippen LogP contribution < -0.4 is 15.0 Å². The molecule has 14 heavy (non-hydrogen) atoms. The van der Waals surface area contributed by atoms with Gasteiger partial charge in [0.25, 0.3) is 0 Å². The van der Waals surface area contributed by atoms with E-state index in [9.17, 15) is 0 Å². The number of ether oxygens (including phenoxy) is 1. The average molecular weight is 213 g/mol. The van der Waals surface area contributed by atoms with Gasteiger partial charge in [-0.2, -0.15) is 0 Å². The third-order valence-electron chi connectivity index (χ3n) is 2.42. The maximum Gasteiger partial charge on any atom is 0.122 e. The zero-order valence-corrected chi connectivity index (χ0v) is 9.06. The highest BCUT2D eigenvalue weighted by Gasteiger charge is 2.17. The van der Waals surface area contributed by atoms with Gasteiger partial charge in [-0.05, 0) is 0 Å². The summed E-state index contributed by atoms with van der Waals surface area (Å²) in [5.74, 6) is 0.788. The van der Waals surface area contributed by atoms with Crippen molar-refractivity contribution in [3.8, 4) is 5.75 Å². The molecule has 76 valence electrons. The molecular formula is C10H13ClN2O. The van der Waals surface area contributed by atoms with E-state index in [0.29, 0.717) is 0 Å². The zero-order valence-electron chi connectivity index (χ0n) is 8.30. The molecule has 1 aliphatic heterocycles. The molecule has 1 aromatic rings. The van der Waals surface area contributed by atoms with Crippen LogP contribution in [0.3, 0.4) is 0 Å². The fourth-order valence-corrected chi connectivity index (χ4v) is 2.04. The first-order valence-corrected chi connectivity index (χ1v) is 4.92. The largest absolute Gasteiger partial charge is 0.497 e. The lowest BCUT2D eigenvalue weighted by atomic mass is 10.2. The fraction of sp³-hybridized carbons (Fsp3) is 0.400. The van der Waals surface area contributed by atoms with E-state index < -0.39 is 0 Å². The van der Waals surface area contributed by atoms with E-state index in [-0.39, 0.29) is 0 Å². The van der Waals surface area contributed by atoms with Crippen LogP contribution in [0.25, 0.3) is 0 Å². The Balaban J connectivity index is 2.51. The summed E-state index contributed by atoms with van der Waals surface area (Å²) in [5.41, 5.74) is 2.10. The van der Waals surface area contributed by atoms with Crippen molar-refractivity contribution in [2.75, 3.05) is 37.5 Å². The lowest BCUT2D eigenvalue weighted by molar-refractivity contribution is 0.415. The van der Waals surface area contributed by atoms with Crippen molar-refractivity contribution in [3.63, 3.8) is 0 Å². The second-order valence-corrected chi connectivity index (χ2v) is 3.76. The van der Waals surface area contributed by atoms with E-state index in [1.807, 2.05) is 19.2 Å². The molecule has 0 amide bonds. The number of likely N-dealkylation sites (N-methyl/N-ethyl adjacent to an activating group) is 1. The van der Waals surface area contributed by atoms with Crippen molar-refractivity contribution in [2.45, 2.75) is 0 Å². The van der Waals surface area contributed by atoms with Crippen LogP contribution in [-0.2, 0) is 0 Å². The van der Waals surface area contributed by atoms with Gasteiger partial charge in [-0.15, -0.1) is 0 Å². The number of fused-ring (bicyclic) bond motifs is 1. The number of halogens is 1. The normalized spacial score (nSPS) is 14.6. The first-order chi connectivity index (χ1) is 6.72. The summed E-state index contributed by atoms with van der Waals surface area (Å²) in [5, 5.41) is 4.03. The number of rotatable bonds is 1. The number of hydrogen-bond donors (Lipinski definition) is 1. The molecule has 0 unspecified atom stereocenters. The molecule has 1 aliphatic rings. The van der Waals surface area contributed by atoms with Crippen molar-refractivity contribution in [1.29, 1.82) is 0 Å². The van der Waals surface area contributed by atoms with Gasteiger partial charge in [0.2, 0.25) is 0 Å². The third kappa shape index (κ3) is 1.48. The monoisotopic (exact) mass is 212 g/mol. The Morgan fingerprint density at radius 2 is 2.29 bits per heavy atom. The standard InChI is InChI=1S/C10H13ClN2O/c1-13-4-3-12-9-6-7(14-2)5-8(11)10(9)13/h5-6,12H,3-4H2,1-2H3. The molecule has 1 aromatic carbocycles. The molecule has 0 aromatic heterocycles. The van der Waals surface area contributed by atoms with Crippen molar-refractivity contribution >= 4 is 23.0 Å². The molecule has 0 fully saturated rings. The molecule has 0 saturated carbocycles. The Labute approximate surface area is 88.6 Å². The first-order valence-electron chi connectivity index (χ1n) is 4.55. The van der Waals surface area contributed by atoms with E-state index in [1.54, 1.807) is 7.11 Å². The molecule has 4 heteroatoms. The number of benzene rings is 1. The molecule has 1 N–H and O–H groups in total. The number of anilines is 2. The predicted molar refractivity (Wildman–Crippen MR) is 59.8 cm³/mol. The SMILES string of the molecule is COc1cc(Cl)c2c(c1)NCCN2C. The summed E-state index contributed by atoms with van der Waals surface area (Å²) in [6.07, 6.45) is 0. The second kappa shape index (κ2) is 3.58. The minimum absolute atomic E-state index is 0.731. The number of nitrogens with zero attached hydrogens (tertiary/aromatic N) is 1. The molecular weight excluding hydrogens is 200 g/mol. The van der Waals surface area contributed by atoms with Crippen LogP contribution in [0.15, 0.2) is 12.1 Å². The highest BCUT2D eigenvalue weighted by molar-refractivity contribution is 6.34. The summed E-state index contributed by atoms with van der Waals surface area (Å²) < 4.78 is 5.15. The van der Waals surface area contributed by atoms with Gasteiger partial charge >= 0.3 is 0 Å². The van der Waals surface area contributed by atoms with Crippen molar-refractivity contribution in [1.82, 2.24) is 0 Å². The number of hydrogen-bond acceptors (Lipinski definition) is 3. The van der Waals surface area contributed by atoms with Crippen molar-refractivity contribution < 1.29 is 4.74 Å². The Bertz CT molecular complexity index is 354. The maximum absolute atomic E-state index is 6.16. The van der Waals surface area contributed by atoms with E-state index in [0.717, 1.165) is 35.2 Å². The summed E-state index contributed by atoms with van der Waals surface area (Å²) in [4.78, 5) is 2.15. The average Bonchev–Trinajstić information content (AvgIpc) is 2.17. The molecule has 0 bridgehead atoms. The summed E-state index contributed by atoms with van der Waals surface area (Å²) in [7, 11) is 3.68. The van der Waals surface area contributed by atoms with Crippen LogP contribution in [0, 0.1) is 0 Å². The Kier molecular flexibility index (Phi) is 2.42. The maximum atomic E-state index is 6.16. The molecule has 2 rings (SSSR count). The molecule has 0 aliphatic carbocycles. The predicted octanol–water partition coefficient (Wildman–Crippen LogP) is 2.21. The topological polar surface area (TPSA) is 24.5 Å². The second-order valence-electron chi connectivity index (χ2n) is 3.35. The Hall–Kier alpha value is -1.09.